The van der Waals surface area contributed by atoms with Gasteiger partial charge in [-0.1, -0.05) is 40.2 Å². The molecule has 2 heteroatoms. The van der Waals surface area contributed by atoms with Crippen LogP contribution < -0.4 is 4.74 Å². The number of methoxy groups -OCH3 is 1. The third-order valence-corrected chi connectivity index (χ3v) is 2.51. The molecule has 0 saturated carbocycles. The molecule has 0 saturated heterocycles. The van der Waals surface area contributed by atoms with E-state index >= 15 is 0 Å². The van der Waals surface area contributed by atoms with Crippen molar-refractivity contribution in [1.29, 1.82) is 0 Å². The lowest BCUT2D eigenvalue weighted by Gasteiger charge is -2.09. The average molecular weight is 227 g/mol. The van der Waals surface area contributed by atoms with E-state index in [9.17, 15) is 0 Å². The molecule has 0 spiro atoms. The van der Waals surface area contributed by atoms with Crippen molar-refractivity contribution in [3.63, 3.8) is 0 Å². The summed E-state index contributed by atoms with van der Waals surface area (Å²) in [5, 5.41) is 0. The minimum Gasteiger partial charge on any atom is -0.496 e. The maximum Gasteiger partial charge on any atom is 0.123 e. The molecular weight excluding hydrogens is 216 g/mol. The van der Waals surface area contributed by atoms with Gasteiger partial charge in [-0.15, -0.1) is 6.58 Å². The van der Waals surface area contributed by atoms with Crippen molar-refractivity contribution in [2.24, 2.45) is 0 Å². The van der Waals surface area contributed by atoms with Crippen LogP contribution in [0.5, 0.6) is 5.75 Å². The first-order valence-electron chi connectivity index (χ1n) is 3.69. The Morgan fingerprint density at radius 1 is 1.50 bits per heavy atom. The maximum absolute atomic E-state index is 5.19. The second kappa shape index (κ2) is 4.31. The second-order valence-electron chi connectivity index (χ2n) is 2.38. The van der Waals surface area contributed by atoms with E-state index in [4.69, 9.17) is 4.74 Å². The maximum atomic E-state index is 5.19. The summed E-state index contributed by atoms with van der Waals surface area (Å²) in [6.45, 7) is 3.71. The molecule has 0 N–H and O–H groups in total. The van der Waals surface area contributed by atoms with Crippen molar-refractivity contribution in [3.8, 4) is 5.75 Å². The zero-order valence-corrected chi connectivity index (χ0v) is 8.54. The number of hydrogen-bond acceptors (Lipinski definition) is 1. The minimum absolute atomic E-state index is 0.161. The highest BCUT2D eigenvalue weighted by molar-refractivity contribution is 9.09. The highest BCUT2D eigenvalue weighted by Gasteiger charge is 2.07. The first-order chi connectivity index (χ1) is 5.79. The fraction of sp³-hybridized carbons (Fsp3) is 0.200. The molecule has 0 radical (unpaired) electrons. The number of alkyl halides is 1. The first kappa shape index (κ1) is 9.33. The van der Waals surface area contributed by atoms with Crippen molar-refractivity contribution in [3.05, 3.63) is 42.5 Å². The lowest BCUT2D eigenvalue weighted by molar-refractivity contribution is 0.410. The van der Waals surface area contributed by atoms with Gasteiger partial charge in [0.05, 0.1) is 11.9 Å². The summed E-state index contributed by atoms with van der Waals surface area (Å²) in [7, 11) is 1.67. The molecule has 0 aliphatic rings. The predicted molar refractivity (Wildman–Crippen MR) is 54.9 cm³/mol. The summed E-state index contributed by atoms with van der Waals surface area (Å²) in [6.07, 6.45) is 1.83. The second-order valence-corrected chi connectivity index (χ2v) is 3.37. The molecule has 1 aromatic carbocycles. The van der Waals surface area contributed by atoms with Crippen LogP contribution in [0.4, 0.5) is 0 Å². The van der Waals surface area contributed by atoms with Crippen molar-refractivity contribution in [2.75, 3.05) is 7.11 Å². The SMILES string of the molecule is C=CC(Br)c1ccccc1OC. The normalized spacial score (nSPS) is 12.2. The number of para-hydroxylation sites is 1. The zero-order chi connectivity index (χ0) is 8.97. The van der Waals surface area contributed by atoms with Crippen molar-refractivity contribution >= 4 is 15.9 Å². The van der Waals surface area contributed by atoms with Gasteiger partial charge in [0.1, 0.15) is 5.75 Å². The van der Waals surface area contributed by atoms with Gasteiger partial charge in [0.15, 0.2) is 0 Å². The number of ether oxygens (including phenoxy) is 1. The minimum atomic E-state index is 0.161. The van der Waals surface area contributed by atoms with Gasteiger partial charge in [-0.2, -0.15) is 0 Å². The molecule has 12 heavy (non-hydrogen) atoms. The van der Waals surface area contributed by atoms with E-state index in [1.807, 2.05) is 30.3 Å². The van der Waals surface area contributed by atoms with Crippen LogP contribution in [0.1, 0.15) is 10.4 Å². The summed E-state index contributed by atoms with van der Waals surface area (Å²) in [5.41, 5.74) is 1.11. The Bertz CT molecular complexity index is 270. The van der Waals surface area contributed by atoms with E-state index in [2.05, 4.69) is 22.5 Å². The lowest BCUT2D eigenvalue weighted by atomic mass is 10.1. The fourth-order valence-electron chi connectivity index (χ4n) is 1.02. The van der Waals surface area contributed by atoms with Crippen LogP contribution in [0.25, 0.3) is 0 Å². The largest absolute Gasteiger partial charge is 0.496 e. The van der Waals surface area contributed by atoms with Crippen LogP contribution in [0.15, 0.2) is 36.9 Å². The van der Waals surface area contributed by atoms with E-state index in [0.717, 1.165) is 11.3 Å². The van der Waals surface area contributed by atoms with E-state index < -0.39 is 0 Å². The monoisotopic (exact) mass is 226 g/mol. The van der Waals surface area contributed by atoms with E-state index in [1.165, 1.54) is 0 Å². The van der Waals surface area contributed by atoms with Crippen LogP contribution in [0.3, 0.4) is 0 Å². The number of allylic oxidation sites excluding steroid dienone is 1. The van der Waals surface area contributed by atoms with E-state index in [0.29, 0.717) is 0 Å². The molecule has 0 bridgehead atoms. The molecule has 1 unspecified atom stereocenters. The molecule has 0 heterocycles. The standard InChI is InChI=1S/C10H11BrO/c1-3-9(11)8-6-4-5-7-10(8)12-2/h3-7,9H,1H2,2H3. The van der Waals surface area contributed by atoms with E-state index in [1.54, 1.807) is 7.11 Å². The molecule has 1 atom stereocenters. The zero-order valence-electron chi connectivity index (χ0n) is 6.96. The number of hydrogen-bond donors (Lipinski definition) is 0. The van der Waals surface area contributed by atoms with Gasteiger partial charge in [-0.05, 0) is 6.07 Å². The van der Waals surface area contributed by atoms with Gasteiger partial charge >= 0.3 is 0 Å². The molecule has 0 aromatic heterocycles. The third kappa shape index (κ3) is 1.89. The van der Waals surface area contributed by atoms with Crippen LogP contribution >= 0.6 is 15.9 Å². The number of rotatable bonds is 3. The Hall–Kier alpha value is -0.760. The molecule has 1 nitrogen and oxygen atoms in total. The van der Waals surface area contributed by atoms with E-state index in [-0.39, 0.29) is 4.83 Å². The molecule has 1 rings (SSSR count). The lowest BCUT2D eigenvalue weighted by Crippen LogP contribution is -1.91. The molecule has 64 valence electrons. The van der Waals surface area contributed by atoms with Crippen molar-refractivity contribution < 1.29 is 4.74 Å². The predicted octanol–water partition coefficient (Wildman–Crippen LogP) is 3.32. The van der Waals surface area contributed by atoms with Crippen molar-refractivity contribution in [2.45, 2.75) is 4.83 Å². The van der Waals surface area contributed by atoms with Gasteiger partial charge in [0, 0.05) is 5.56 Å². The van der Waals surface area contributed by atoms with Gasteiger partial charge in [-0.3, -0.25) is 0 Å². The van der Waals surface area contributed by atoms with Crippen molar-refractivity contribution in [1.82, 2.24) is 0 Å². The Balaban J connectivity index is 3.04. The summed E-state index contributed by atoms with van der Waals surface area (Å²) < 4.78 is 5.19. The highest BCUT2D eigenvalue weighted by atomic mass is 79.9. The smallest absolute Gasteiger partial charge is 0.123 e. The van der Waals surface area contributed by atoms with Gasteiger partial charge in [0.2, 0.25) is 0 Å². The van der Waals surface area contributed by atoms with Crippen LogP contribution in [-0.4, -0.2) is 7.11 Å². The van der Waals surface area contributed by atoms with Gasteiger partial charge < -0.3 is 4.74 Å². The highest BCUT2D eigenvalue weighted by Crippen LogP contribution is 2.31. The fourth-order valence-corrected chi connectivity index (χ4v) is 1.40. The average Bonchev–Trinajstić information content (AvgIpc) is 2.16. The van der Waals surface area contributed by atoms with Crippen LogP contribution in [0.2, 0.25) is 0 Å². The first-order valence-corrected chi connectivity index (χ1v) is 4.60. The molecule has 0 fully saturated rings. The Morgan fingerprint density at radius 3 is 2.75 bits per heavy atom. The van der Waals surface area contributed by atoms with Crippen LogP contribution in [0, 0.1) is 0 Å². The Kier molecular flexibility index (Phi) is 3.35. The quantitative estimate of drug-likeness (QED) is 0.568. The van der Waals surface area contributed by atoms with Crippen LogP contribution in [-0.2, 0) is 0 Å². The molecule has 0 aliphatic carbocycles. The Labute approximate surface area is 81.2 Å². The topological polar surface area (TPSA) is 9.23 Å². The summed E-state index contributed by atoms with van der Waals surface area (Å²) in [5.74, 6) is 0.888. The molecule has 0 aliphatic heterocycles. The molecule has 1 aromatic rings. The Morgan fingerprint density at radius 2 is 2.17 bits per heavy atom. The molecule has 0 amide bonds. The summed E-state index contributed by atoms with van der Waals surface area (Å²) in [4.78, 5) is 0.161. The third-order valence-electron chi connectivity index (χ3n) is 1.64. The summed E-state index contributed by atoms with van der Waals surface area (Å²) in [6, 6.07) is 7.88. The van der Waals surface area contributed by atoms with Gasteiger partial charge in [0.25, 0.3) is 0 Å². The number of halogens is 1. The summed E-state index contributed by atoms with van der Waals surface area (Å²) >= 11 is 3.48. The van der Waals surface area contributed by atoms with Gasteiger partial charge in [-0.25, -0.2) is 0 Å². The molecular formula is C10H11BrO. The number of benzene rings is 1.